The van der Waals surface area contributed by atoms with E-state index in [0.717, 1.165) is 23.2 Å². The lowest BCUT2D eigenvalue weighted by Crippen LogP contribution is -2.19. The maximum atomic E-state index is 11.1. The van der Waals surface area contributed by atoms with Gasteiger partial charge in [-0.25, -0.2) is 0 Å². The normalized spacial score (nSPS) is 10.7. The molecule has 0 bridgehead atoms. The molecule has 0 atom stereocenters. The Bertz CT molecular complexity index is 416. The maximum Gasteiger partial charge on any atom is 0.150 e. The second kappa shape index (κ2) is 9.62. The Morgan fingerprint density at radius 1 is 0.909 bits per heavy atom. The lowest BCUT2D eigenvalue weighted by atomic mass is 9.78. The van der Waals surface area contributed by atoms with E-state index in [2.05, 4.69) is 47.3 Å². The number of nitrogens with two attached hydrogens (primary N) is 1. The molecule has 0 aliphatic heterocycles. The van der Waals surface area contributed by atoms with Crippen LogP contribution >= 0.6 is 0 Å². The van der Waals surface area contributed by atoms with E-state index in [9.17, 15) is 4.79 Å². The molecule has 3 heteroatoms. The summed E-state index contributed by atoms with van der Waals surface area (Å²) in [6.07, 6.45) is 0.907. The highest BCUT2D eigenvalue weighted by atomic mass is 16.5. The molecule has 128 valence electrons. The van der Waals surface area contributed by atoms with Crippen LogP contribution in [0.25, 0.3) is 0 Å². The highest BCUT2D eigenvalue weighted by molar-refractivity contribution is 5.77. The number of benzene rings is 1. The topological polar surface area (TPSA) is 52.3 Å². The van der Waals surface area contributed by atoms with Crippen LogP contribution in [0.4, 0.5) is 0 Å². The van der Waals surface area contributed by atoms with Gasteiger partial charge in [0.05, 0.1) is 7.11 Å². The van der Waals surface area contributed by atoms with Gasteiger partial charge in [0, 0.05) is 16.7 Å². The summed E-state index contributed by atoms with van der Waals surface area (Å²) in [6.45, 7) is 16.8. The number of aldehydes is 1. The fourth-order valence-corrected chi connectivity index (χ4v) is 2.05. The largest absolute Gasteiger partial charge is 0.496 e. The summed E-state index contributed by atoms with van der Waals surface area (Å²) in [6, 6.07) is 3.86. The van der Waals surface area contributed by atoms with Crippen LogP contribution in [0.3, 0.4) is 0 Å². The Balaban J connectivity index is 0. The van der Waals surface area contributed by atoms with Crippen molar-refractivity contribution in [2.45, 2.75) is 66.2 Å². The fourth-order valence-electron chi connectivity index (χ4n) is 2.05. The molecule has 0 fully saturated rings. The third-order valence-electron chi connectivity index (χ3n) is 3.07. The smallest absolute Gasteiger partial charge is 0.150 e. The zero-order valence-corrected chi connectivity index (χ0v) is 16.1. The summed E-state index contributed by atoms with van der Waals surface area (Å²) >= 11 is 0. The van der Waals surface area contributed by atoms with E-state index in [-0.39, 0.29) is 10.8 Å². The third-order valence-corrected chi connectivity index (χ3v) is 3.07. The van der Waals surface area contributed by atoms with Gasteiger partial charge in [-0.2, -0.15) is 0 Å². The predicted molar refractivity (Wildman–Crippen MR) is 97.2 cm³/mol. The van der Waals surface area contributed by atoms with Crippen molar-refractivity contribution in [1.82, 2.24) is 0 Å². The van der Waals surface area contributed by atoms with Crippen LogP contribution in [-0.4, -0.2) is 20.4 Å². The van der Waals surface area contributed by atoms with Crippen molar-refractivity contribution >= 4 is 6.29 Å². The molecule has 1 aromatic carbocycles. The number of ether oxygens (including phenoxy) is 1. The van der Waals surface area contributed by atoms with Crippen LogP contribution in [0.2, 0.25) is 0 Å². The molecule has 0 aliphatic carbocycles. The van der Waals surface area contributed by atoms with Gasteiger partial charge in [0.1, 0.15) is 12.0 Å². The maximum absolute atomic E-state index is 11.1. The van der Waals surface area contributed by atoms with Gasteiger partial charge in [0.25, 0.3) is 0 Å². The zero-order valence-electron chi connectivity index (χ0n) is 16.1. The first-order valence-corrected chi connectivity index (χ1v) is 7.87. The number of carbonyl (C=O) groups is 1. The van der Waals surface area contributed by atoms with Gasteiger partial charge in [-0.3, -0.25) is 4.79 Å². The first kappa shape index (κ1) is 22.9. The molecule has 0 amide bonds. The van der Waals surface area contributed by atoms with Crippen molar-refractivity contribution in [2.75, 3.05) is 14.2 Å². The van der Waals surface area contributed by atoms with Crippen molar-refractivity contribution in [3.05, 3.63) is 28.8 Å². The highest BCUT2D eigenvalue weighted by Gasteiger charge is 2.27. The van der Waals surface area contributed by atoms with Crippen molar-refractivity contribution < 1.29 is 9.53 Å². The minimum atomic E-state index is -0.0512. The minimum absolute atomic E-state index is 0.0512. The van der Waals surface area contributed by atoms with E-state index in [1.54, 1.807) is 7.11 Å². The molecular formula is C19H35NO2. The Hall–Kier alpha value is -1.35. The number of hydrogen-bond acceptors (Lipinski definition) is 3. The van der Waals surface area contributed by atoms with E-state index < -0.39 is 0 Å². The molecule has 0 saturated heterocycles. The number of carbonyl (C=O) groups excluding carboxylic acids is 1. The van der Waals surface area contributed by atoms with Crippen LogP contribution in [0.1, 0.15) is 76.9 Å². The molecule has 22 heavy (non-hydrogen) atoms. The van der Waals surface area contributed by atoms with Gasteiger partial charge < -0.3 is 10.5 Å². The number of hydrogen-bond donors (Lipinski definition) is 1. The van der Waals surface area contributed by atoms with Gasteiger partial charge >= 0.3 is 0 Å². The van der Waals surface area contributed by atoms with E-state index in [1.165, 1.54) is 7.05 Å². The van der Waals surface area contributed by atoms with Crippen LogP contribution < -0.4 is 10.5 Å². The Morgan fingerprint density at radius 2 is 1.23 bits per heavy atom. The van der Waals surface area contributed by atoms with Gasteiger partial charge in [0.15, 0.2) is 0 Å². The van der Waals surface area contributed by atoms with Crippen molar-refractivity contribution in [3.63, 3.8) is 0 Å². The van der Waals surface area contributed by atoms with E-state index in [1.807, 2.05) is 26.0 Å². The van der Waals surface area contributed by atoms with Crippen LogP contribution in [-0.2, 0) is 10.8 Å². The van der Waals surface area contributed by atoms with Crippen LogP contribution in [0.15, 0.2) is 12.1 Å². The predicted octanol–water partition coefficient (Wildman–Crippen LogP) is 4.70. The van der Waals surface area contributed by atoms with Crippen molar-refractivity contribution in [3.8, 4) is 5.75 Å². The molecule has 0 heterocycles. The van der Waals surface area contributed by atoms with E-state index in [0.29, 0.717) is 5.56 Å². The SMILES string of the molecule is CC.CN.COc1c(C(C)(C)C)cc(C=O)cc1C(C)(C)C. The first-order chi connectivity index (χ1) is 10.1. The van der Waals surface area contributed by atoms with Crippen molar-refractivity contribution in [2.24, 2.45) is 5.73 Å². The third kappa shape index (κ3) is 6.18. The molecule has 0 spiro atoms. The summed E-state index contributed by atoms with van der Waals surface area (Å²) in [7, 11) is 3.19. The summed E-state index contributed by atoms with van der Waals surface area (Å²) in [5.74, 6) is 0.903. The monoisotopic (exact) mass is 309 g/mol. The van der Waals surface area contributed by atoms with Gasteiger partial charge in [-0.1, -0.05) is 55.4 Å². The van der Waals surface area contributed by atoms with E-state index >= 15 is 0 Å². The Morgan fingerprint density at radius 3 is 1.41 bits per heavy atom. The molecule has 0 aromatic heterocycles. The van der Waals surface area contributed by atoms with Crippen LogP contribution in [0.5, 0.6) is 5.75 Å². The molecule has 2 N–H and O–H groups in total. The molecular weight excluding hydrogens is 274 g/mol. The first-order valence-electron chi connectivity index (χ1n) is 7.87. The molecule has 0 radical (unpaired) electrons. The lowest BCUT2D eigenvalue weighted by molar-refractivity contribution is 0.112. The highest BCUT2D eigenvalue weighted by Crippen LogP contribution is 2.40. The summed E-state index contributed by atoms with van der Waals surface area (Å²) in [5.41, 5.74) is 7.28. The quantitative estimate of drug-likeness (QED) is 0.805. The second-order valence-corrected chi connectivity index (χ2v) is 6.77. The summed E-state index contributed by atoms with van der Waals surface area (Å²) in [5, 5.41) is 0. The lowest BCUT2D eigenvalue weighted by Gasteiger charge is -2.29. The van der Waals surface area contributed by atoms with Gasteiger partial charge in [-0.15, -0.1) is 0 Å². The minimum Gasteiger partial charge on any atom is -0.496 e. The van der Waals surface area contributed by atoms with Crippen molar-refractivity contribution in [1.29, 1.82) is 0 Å². The van der Waals surface area contributed by atoms with Crippen LogP contribution in [0, 0.1) is 0 Å². The number of methoxy groups -OCH3 is 1. The molecule has 0 aliphatic rings. The molecule has 1 rings (SSSR count). The molecule has 0 saturated carbocycles. The van der Waals surface area contributed by atoms with E-state index in [4.69, 9.17) is 4.74 Å². The van der Waals surface area contributed by atoms with Gasteiger partial charge in [0.2, 0.25) is 0 Å². The summed E-state index contributed by atoms with van der Waals surface area (Å²) in [4.78, 5) is 11.1. The fraction of sp³-hybridized carbons (Fsp3) is 0.632. The zero-order chi connectivity index (χ0) is 18.1. The molecule has 1 aromatic rings. The Labute approximate surface area is 137 Å². The number of rotatable bonds is 2. The standard InChI is InChI=1S/C16H24O2.C2H6.CH5N/c1-15(2,3)12-8-11(10-17)9-13(14(12)18-7)16(4,5)6;2*1-2/h8-10H,1-7H3;1-2H3;2H2,1H3. The second-order valence-electron chi connectivity index (χ2n) is 6.77. The van der Waals surface area contributed by atoms with Gasteiger partial charge in [-0.05, 0) is 30.0 Å². The average Bonchev–Trinajstić information content (AvgIpc) is 2.48. The average molecular weight is 309 g/mol. The Kier molecular flexibility index (Phi) is 10.0. The molecule has 3 nitrogen and oxygen atoms in total. The molecule has 0 unspecified atom stereocenters. The summed E-state index contributed by atoms with van der Waals surface area (Å²) < 4.78 is 5.61.